The van der Waals surface area contributed by atoms with Crippen molar-refractivity contribution in [3.8, 4) is 11.5 Å². The summed E-state index contributed by atoms with van der Waals surface area (Å²) >= 11 is 6.68. The average molecular weight is 491 g/mol. The van der Waals surface area contributed by atoms with Crippen LogP contribution in [0.2, 0.25) is 0 Å². The predicted molar refractivity (Wildman–Crippen MR) is 116 cm³/mol. The summed E-state index contributed by atoms with van der Waals surface area (Å²) in [6, 6.07) is 4.17. The van der Waals surface area contributed by atoms with E-state index in [4.69, 9.17) is 14.3 Å². The summed E-state index contributed by atoms with van der Waals surface area (Å²) in [5.74, 6) is 1.88. The molecule has 0 saturated heterocycles. The molecule has 0 atom stereocenters. The number of nitrogens with zero attached hydrogens (tertiary/aromatic N) is 1. The van der Waals surface area contributed by atoms with E-state index < -0.39 is 0 Å². The van der Waals surface area contributed by atoms with Crippen molar-refractivity contribution >= 4 is 37.6 Å². The minimum Gasteiger partial charge on any atom is -0.493 e. The fourth-order valence-corrected chi connectivity index (χ4v) is 2.65. The van der Waals surface area contributed by atoms with Gasteiger partial charge < -0.3 is 14.3 Å². The zero-order chi connectivity index (χ0) is 19.4. The van der Waals surface area contributed by atoms with Crippen LogP contribution in [0.3, 0.4) is 0 Å². The fourth-order valence-electron chi connectivity index (χ4n) is 2.38. The van der Waals surface area contributed by atoms with Gasteiger partial charge in [0.05, 0.1) is 15.7 Å². The lowest BCUT2D eigenvalue weighted by atomic mass is 10.0. The molecule has 0 heterocycles. The Morgan fingerprint density at radius 1 is 1.08 bits per heavy atom. The molecule has 6 heteroatoms. The molecule has 26 heavy (non-hydrogen) atoms. The van der Waals surface area contributed by atoms with Crippen molar-refractivity contribution in [1.29, 1.82) is 0 Å². The maximum atomic E-state index is 6.11. The Bertz CT molecular complexity index is 607. The molecule has 0 radical (unpaired) electrons. The zero-order valence-corrected chi connectivity index (χ0v) is 19.3. The summed E-state index contributed by atoms with van der Waals surface area (Å²) in [5, 5.41) is 3.94. The van der Waals surface area contributed by atoms with Crippen LogP contribution in [-0.4, -0.2) is 25.5 Å². The van der Waals surface area contributed by atoms with E-state index in [9.17, 15) is 0 Å². The van der Waals surface area contributed by atoms with Crippen LogP contribution in [0.1, 0.15) is 51.7 Å². The predicted octanol–water partition coefficient (Wildman–Crippen LogP) is 6.39. The Morgan fingerprint density at radius 2 is 1.81 bits per heavy atom. The van der Waals surface area contributed by atoms with Gasteiger partial charge in [-0.3, -0.25) is 0 Å². The molecular weight excluding hydrogens is 462 g/mol. The molecule has 0 bridgehead atoms. The molecule has 146 valence electrons. The van der Waals surface area contributed by atoms with Crippen LogP contribution in [-0.2, 0) is 17.7 Å². The third kappa shape index (κ3) is 9.08. The minimum absolute atomic E-state index is 0.509. The van der Waals surface area contributed by atoms with Gasteiger partial charge in [0.1, 0.15) is 24.7 Å². The van der Waals surface area contributed by atoms with Gasteiger partial charge in [0.25, 0.3) is 0 Å². The summed E-state index contributed by atoms with van der Waals surface area (Å²) in [7, 11) is 0. The molecule has 0 aliphatic rings. The summed E-state index contributed by atoms with van der Waals surface area (Å²) in [6.45, 7) is 9.82. The third-order valence-corrected chi connectivity index (χ3v) is 4.13. The average Bonchev–Trinajstić information content (AvgIpc) is 2.58. The van der Waals surface area contributed by atoms with Crippen LogP contribution >= 0.6 is 31.9 Å². The van der Waals surface area contributed by atoms with Crippen LogP contribution in [0.25, 0.3) is 0 Å². The van der Waals surface area contributed by atoms with Gasteiger partial charge >= 0.3 is 0 Å². The quantitative estimate of drug-likeness (QED) is 0.193. The molecule has 4 nitrogen and oxygen atoms in total. The molecule has 0 aromatic heterocycles. The van der Waals surface area contributed by atoms with Crippen LogP contribution in [0, 0.1) is 0 Å². The van der Waals surface area contributed by atoms with Gasteiger partial charge in [0.15, 0.2) is 0 Å². The van der Waals surface area contributed by atoms with E-state index in [0.29, 0.717) is 19.8 Å². The highest BCUT2D eigenvalue weighted by Gasteiger charge is 2.12. The first-order chi connectivity index (χ1) is 12.5. The number of halogens is 2. The van der Waals surface area contributed by atoms with E-state index in [1.165, 1.54) is 11.1 Å². The van der Waals surface area contributed by atoms with Gasteiger partial charge in [-0.25, -0.2) is 0 Å². The molecule has 0 N–H and O–H groups in total. The second-order valence-electron chi connectivity index (χ2n) is 6.05. The summed E-state index contributed by atoms with van der Waals surface area (Å²) in [6.07, 6.45) is 5.65. The molecule has 1 rings (SSSR count). The van der Waals surface area contributed by atoms with Gasteiger partial charge in [-0.15, -0.1) is 0 Å². The molecule has 0 fully saturated rings. The number of oxime groups is 1. The lowest BCUT2D eigenvalue weighted by molar-refractivity contribution is 0.127. The summed E-state index contributed by atoms with van der Waals surface area (Å²) in [4.78, 5) is 5.22. The first-order valence-corrected chi connectivity index (χ1v) is 10.6. The van der Waals surface area contributed by atoms with Crippen LogP contribution in [0.15, 0.2) is 26.8 Å². The summed E-state index contributed by atoms with van der Waals surface area (Å²) in [5.41, 5.74) is 3.30. The maximum absolute atomic E-state index is 6.11. The zero-order valence-electron chi connectivity index (χ0n) is 16.1. The van der Waals surface area contributed by atoms with Crippen LogP contribution in [0.4, 0.5) is 0 Å². The molecular formula is C20H29Br2NO3. The Balaban J connectivity index is 2.78. The van der Waals surface area contributed by atoms with Crippen molar-refractivity contribution in [1.82, 2.24) is 0 Å². The number of hydrogen-bond acceptors (Lipinski definition) is 4. The molecule has 0 unspecified atom stereocenters. The van der Waals surface area contributed by atoms with E-state index in [-0.39, 0.29) is 0 Å². The van der Waals surface area contributed by atoms with Crippen LogP contribution in [0.5, 0.6) is 11.5 Å². The highest BCUT2D eigenvalue weighted by molar-refractivity contribution is 9.28. The van der Waals surface area contributed by atoms with E-state index >= 15 is 0 Å². The number of benzene rings is 1. The first kappa shape index (κ1) is 23.0. The van der Waals surface area contributed by atoms with Crippen molar-refractivity contribution in [2.24, 2.45) is 5.16 Å². The summed E-state index contributed by atoms with van der Waals surface area (Å²) < 4.78 is 12.8. The highest BCUT2D eigenvalue weighted by atomic mass is 79.9. The smallest absolute Gasteiger partial charge is 0.125 e. The monoisotopic (exact) mass is 489 g/mol. The molecule has 0 spiro atoms. The van der Waals surface area contributed by atoms with Crippen molar-refractivity contribution in [3.63, 3.8) is 0 Å². The normalized spacial score (nSPS) is 10.2. The van der Waals surface area contributed by atoms with Gasteiger partial charge in [-0.1, -0.05) is 25.4 Å². The molecule has 0 amide bonds. The lowest BCUT2D eigenvalue weighted by Gasteiger charge is -2.17. The Labute approximate surface area is 174 Å². The van der Waals surface area contributed by atoms with Crippen molar-refractivity contribution in [3.05, 3.63) is 32.7 Å². The SMILES string of the molecule is CCCc1cc(OCC=C(Br)Br)cc(CC)c1OCCCON=C(C)C. The molecule has 0 saturated carbocycles. The van der Waals surface area contributed by atoms with Gasteiger partial charge in [0, 0.05) is 6.42 Å². The number of rotatable bonds is 12. The second-order valence-corrected chi connectivity index (χ2v) is 8.83. The number of aryl methyl sites for hydroxylation is 2. The molecule has 0 aliphatic heterocycles. The third-order valence-electron chi connectivity index (χ3n) is 3.48. The van der Waals surface area contributed by atoms with Gasteiger partial charge in [0.2, 0.25) is 0 Å². The van der Waals surface area contributed by atoms with E-state index in [1.807, 2.05) is 19.9 Å². The first-order valence-electron chi connectivity index (χ1n) is 9.03. The Morgan fingerprint density at radius 3 is 2.42 bits per heavy atom. The largest absolute Gasteiger partial charge is 0.493 e. The van der Waals surface area contributed by atoms with Crippen molar-refractivity contribution in [2.75, 3.05) is 19.8 Å². The number of hydrogen-bond donors (Lipinski definition) is 0. The lowest BCUT2D eigenvalue weighted by Crippen LogP contribution is -2.07. The minimum atomic E-state index is 0.509. The highest BCUT2D eigenvalue weighted by Crippen LogP contribution is 2.31. The van der Waals surface area contributed by atoms with Gasteiger partial charge in [-0.2, -0.15) is 0 Å². The second kappa shape index (κ2) is 13.2. The Hall–Kier alpha value is -1.01. The van der Waals surface area contributed by atoms with Crippen molar-refractivity contribution in [2.45, 2.75) is 53.4 Å². The van der Waals surface area contributed by atoms with E-state index in [2.05, 4.69) is 63.0 Å². The number of ether oxygens (including phenoxy) is 2. The Kier molecular flexibility index (Phi) is 11.7. The maximum Gasteiger partial charge on any atom is 0.125 e. The van der Waals surface area contributed by atoms with Gasteiger partial charge in [-0.05, 0) is 87.9 Å². The van der Waals surface area contributed by atoms with E-state index in [1.54, 1.807) is 0 Å². The fraction of sp³-hybridized carbons (Fsp3) is 0.550. The molecule has 0 aliphatic carbocycles. The van der Waals surface area contributed by atoms with Crippen molar-refractivity contribution < 1.29 is 14.3 Å². The standard InChI is InChI=1S/C20H29Br2NO3/c1-5-8-17-14-18(24-12-9-19(21)22)13-16(6-2)20(17)25-10-7-11-26-23-15(3)4/h9,13-14H,5-8,10-12H2,1-4H3. The van der Waals surface area contributed by atoms with Crippen LogP contribution < -0.4 is 9.47 Å². The molecule has 1 aromatic carbocycles. The van der Waals surface area contributed by atoms with E-state index in [0.717, 1.165) is 46.3 Å². The molecule has 1 aromatic rings. The topological polar surface area (TPSA) is 40.0 Å².